The quantitative estimate of drug-likeness (QED) is 0.753. The summed E-state index contributed by atoms with van der Waals surface area (Å²) in [6.45, 7) is 4.95. The van der Waals surface area contributed by atoms with E-state index in [0.29, 0.717) is 18.8 Å². The number of fused-ring (bicyclic) bond motifs is 1. The predicted octanol–water partition coefficient (Wildman–Crippen LogP) is 1.15. The van der Waals surface area contributed by atoms with Crippen molar-refractivity contribution in [1.82, 2.24) is 9.88 Å². The molecule has 136 valence electrons. The van der Waals surface area contributed by atoms with Crippen LogP contribution in [0.25, 0.3) is 10.9 Å². The Bertz CT molecular complexity index is 744. The third kappa shape index (κ3) is 3.35. The number of carbonyl (C=O) groups is 1. The molecular formula is C18H24N2O5. The maximum Gasteiger partial charge on any atom is 0.270 e. The second kappa shape index (κ2) is 7.43. The number of ether oxygens (including phenoxy) is 2. The van der Waals surface area contributed by atoms with Gasteiger partial charge in [-0.05, 0) is 32.0 Å². The van der Waals surface area contributed by atoms with Crippen LogP contribution in [0, 0.1) is 0 Å². The van der Waals surface area contributed by atoms with Crippen LogP contribution < -0.4 is 4.74 Å². The van der Waals surface area contributed by atoms with Crippen LogP contribution in [0.2, 0.25) is 0 Å². The van der Waals surface area contributed by atoms with Gasteiger partial charge in [0.1, 0.15) is 23.7 Å². The molecule has 1 fully saturated rings. The summed E-state index contributed by atoms with van der Waals surface area (Å²) in [4.78, 5) is 17.6. The second-order valence-corrected chi connectivity index (χ2v) is 6.09. The maximum absolute atomic E-state index is 13.0. The van der Waals surface area contributed by atoms with Crippen LogP contribution in [0.15, 0.2) is 24.3 Å². The van der Waals surface area contributed by atoms with E-state index >= 15 is 0 Å². The Kier molecular flexibility index (Phi) is 5.27. The van der Waals surface area contributed by atoms with Gasteiger partial charge in [-0.1, -0.05) is 6.07 Å². The van der Waals surface area contributed by atoms with Crippen LogP contribution in [0.3, 0.4) is 0 Å². The molecule has 7 nitrogen and oxygen atoms in total. The van der Waals surface area contributed by atoms with E-state index in [-0.39, 0.29) is 19.1 Å². The fourth-order valence-electron chi connectivity index (χ4n) is 3.24. The summed E-state index contributed by atoms with van der Waals surface area (Å²) in [5, 5.41) is 20.9. The first kappa shape index (κ1) is 17.7. The lowest BCUT2D eigenvalue weighted by Crippen LogP contribution is -2.57. The lowest BCUT2D eigenvalue weighted by atomic mass is 10.0. The first-order chi connectivity index (χ1) is 12.1. The number of nitrogens with one attached hydrogen (secondary N) is 1. The summed E-state index contributed by atoms with van der Waals surface area (Å²) in [5.74, 6) is 0.470. The van der Waals surface area contributed by atoms with Crippen LogP contribution in [0.1, 0.15) is 24.3 Å². The van der Waals surface area contributed by atoms with Crippen molar-refractivity contribution in [1.29, 1.82) is 0 Å². The zero-order valence-electron chi connectivity index (χ0n) is 14.4. The highest BCUT2D eigenvalue weighted by molar-refractivity contribution is 5.99. The molecule has 3 atom stereocenters. The molecule has 3 N–H and O–H groups in total. The Labute approximate surface area is 146 Å². The number of hydrogen-bond acceptors (Lipinski definition) is 5. The molecule has 1 aliphatic rings. The summed E-state index contributed by atoms with van der Waals surface area (Å²) in [7, 11) is 0. The van der Waals surface area contributed by atoms with Gasteiger partial charge >= 0.3 is 0 Å². The lowest BCUT2D eigenvalue weighted by molar-refractivity contribution is -0.125. The average Bonchev–Trinajstić information content (AvgIpc) is 3.04. The van der Waals surface area contributed by atoms with Gasteiger partial charge in [0, 0.05) is 17.4 Å². The molecule has 0 unspecified atom stereocenters. The van der Waals surface area contributed by atoms with Crippen molar-refractivity contribution >= 4 is 16.8 Å². The number of aromatic nitrogens is 1. The summed E-state index contributed by atoms with van der Waals surface area (Å²) in [5.41, 5.74) is 1.22. The summed E-state index contributed by atoms with van der Waals surface area (Å²) < 4.78 is 10.9. The van der Waals surface area contributed by atoms with E-state index in [1.54, 1.807) is 6.07 Å². The molecule has 1 amide bonds. The van der Waals surface area contributed by atoms with Crippen LogP contribution in [-0.2, 0) is 4.74 Å². The molecule has 0 bridgehead atoms. The van der Waals surface area contributed by atoms with E-state index < -0.39 is 18.2 Å². The SMILES string of the molecule is CCOc1cccc2[nH]c(C(=O)N(CC)[C@@H]3COC[C@@H](O)[C@H]3O)cc12. The van der Waals surface area contributed by atoms with Crippen molar-refractivity contribution in [3.8, 4) is 5.75 Å². The topological polar surface area (TPSA) is 95.0 Å². The highest BCUT2D eigenvalue weighted by Gasteiger charge is 2.37. The Morgan fingerprint density at radius 1 is 1.36 bits per heavy atom. The number of nitrogens with zero attached hydrogens (tertiary/aromatic N) is 1. The van der Waals surface area contributed by atoms with Crippen LogP contribution in [-0.4, -0.2) is 70.6 Å². The number of likely N-dealkylation sites (N-methyl/N-ethyl adjacent to an activating group) is 1. The van der Waals surface area contributed by atoms with Gasteiger partial charge in [-0.2, -0.15) is 0 Å². The first-order valence-electron chi connectivity index (χ1n) is 8.56. The fraction of sp³-hybridized carbons (Fsp3) is 0.500. The molecule has 1 aromatic heterocycles. The number of H-pyrrole nitrogens is 1. The standard InChI is InChI=1S/C18H24N2O5/c1-3-20(14-9-24-10-15(21)17(14)22)18(23)13-8-11-12(19-13)6-5-7-16(11)25-4-2/h5-8,14-15,17,19,21-22H,3-4,9-10H2,1-2H3/t14-,15-,17+/m1/s1. The minimum absolute atomic E-state index is 0.0769. The van der Waals surface area contributed by atoms with E-state index in [9.17, 15) is 15.0 Å². The molecule has 2 aromatic rings. The van der Waals surface area contributed by atoms with E-state index in [1.165, 1.54) is 4.90 Å². The van der Waals surface area contributed by atoms with Crippen molar-refractivity contribution < 1.29 is 24.5 Å². The zero-order chi connectivity index (χ0) is 18.0. The summed E-state index contributed by atoms with van der Waals surface area (Å²) in [6, 6.07) is 6.79. The van der Waals surface area contributed by atoms with E-state index in [4.69, 9.17) is 9.47 Å². The van der Waals surface area contributed by atoms with Crippen molar-refractivity contribution in [3.05, 3.63) is 30.0 Å². The second-order valence-electron chi connectivity index (χ2n) is 6.09. The van der Waals surface area contributed by atoms with Gasteiger partial charge in [-0.3, -0.25) is 4.79 Å². The average molecular weight is 348 g/mol. The van der Waals surface area contributed by atoms with Gasteiger partial charge in [-0.25, -0.2) is 0 Å². The number of carbonyl (C=O) groups excluding carboxylic acids is 1. The first-order valence-corrected chi connectivity index (χ1v) is 8.56. The van der Waals surface area contributed by atoms with Crippen LogP contribution in [0.4, 0.5) is 0 Å². The molecule has 1 aliphatic heterocycles. The summed E-state index contributed by atoms with van der Waals surface area (Å²) in [6.07, 6.45) is -2.02. The minimum Gasteiger partial charge on any atom is -0.493 e. The molecule has 0 saturated carbocycles. The Morgan fingerprint density at radius 2 is 2.16 bits per heavy atom. The van der Waals surface area contributed by atoms with Gasteiger partial charge in [-0.15, -0.1) is 0 Å². The number of benzene rings is 1. The fourth-order valence-corrected chi connectivity index (χ4v) is 3.24. The number of amides is 1. The van der Waals surface area contributed by atoms with Gasteiger partial charge in [0.05, 0.1) is 25.9 Å². The number of hydrogen-bond donors (Lipinski definition) is 3. The highest BCUT2D eigenvalue weighted by atomic mass is 16.5. The number of rotatable bonds is 5. The Hall–Kier alpha value is -2.09. The molecule has 3 rings (SSSR count). The molecule has 25 heavy (non-hydrogen) atoms. The molecular weight excluding hydrogens is 324 g/mol. The third-order valence-corrected chi connectivity index (χ3v) is 4.52. The van der Waals surface area contributed by atoms with Gasteiger partial charge in [0.25, 0.3) is 5.91 Å². The van der Waals surface area contributed by atoms with Crippen molar-refractivity contribution in [2.45, 2.75) is 32.1 Å². The summed E-state index contributed by atoms with van der Waals surface area (Å²) >= 11 is 0. The van der Waals surface area contributed by atoms with Crippen molar-refractivity contribution in [2.24, 2.45) is 0 Å². The predicted molar refractivity (Wildman–Crippen MR) is 92.8 cm³/mol. The van der Waals surface area contributed by atoms with Gasteiger partial charge in [0.2, 0.25) is 0 Å². The maximum atomic E-state index is 13.0. The third-order valence-electron chi connectivity index (χ3n) is 4.52. The smallest absolute Gasteiger partial charge is 0.270 e. The Morgan fingerprint density at radius 3 is 2.88 bits per heavy atom. The van der Waals surface area contributed by atoms with Crippen LogP contribution >= 0.6 is 0 Å². The van der Waals surface area contributed by atoms with Crippen molar-refractivity contribution in [2.75, 3.05) is 26.4 Å². The zero-order valence-corrected chi connectivity index (χ0v) is 14.4. The largest absolute Gasteiger partial charge is 0.493 e. The van der Waals surface area contributed by atoms with Gasteiger partial charge in [0.15, 0.2) is 0 Å². The minimum atomic E-state index is -1.03. The molecule has 0 spiro atoms. The monoisotopic (exact) mass is 348 g/mol. The van der Waals surface area contributed by atoms with Crippen molar-refractivity contribution in [3.63, 3.8) is 0 Å². The van der Waals surface area contributed by atoms with E-state index in [1.807, 2.05) is 32.0 Å². The molecule has 0 radical (unpaired) electrons. The molecule has 7 heteroatoms. The highest BCUT2D eigenvalue weighted by Crippen LogP contribution is 2.27. The molecule has 1 saturated heterocycles. The Balaban J connectivity index is 1.90. The molecule has 1 aromatic carbocycles. The number of aromatic amines is 1. The normalized spacial score (nSPS) is 23.6. The van der Waals surface area contributed by atoms with E-state index in [0.717, 1.165) is 16.7 Å². The van der Waals surface area contributed by atoms with Gasteiger partial charge < -0.3 is 29.6 Å². The molecule has 0 aliphatic carbocycles. The lowest BCUT2D eigenvalue weighted by Gasteiger charge is -2.38. The van der Waals surface area contributed by atoms with E-state index in [2.05, 4.69) is 4.98 Å². The molecule has 2 heterocycles. The number of aliphatic hydroxyl groups is 2. The van der Waals surface area contributed by atoms with Crippen LogP contribution in [0.5, 0.6) is 5.75 Å². The number of aliphatic hydroxyl groups excluding tert-OH is 2.